The van der Waals surface area contributed by atoms with E-state index < -0.39 is 0 Å². The van der Waals surface area contributed by atoms with E-state index in [1.54, 1.807) is 6.20 Å². The smallest absolute Gasteiger partial charge is 0.0326 e. The largest absolute Gasteiger partial charge is 0.401 e. The molecule has 0 saturated heterocycles. The molecule has 0 fully saturated rings. The molecule has 0 unspecified atom stereocenters. The van der Waals surface area contributed by atoms with Crippen molar-refractivity contribution < 1.29 is 0 Å². The molecule has 0 spiro atoms. The number of hydrogen-bond acceptors (Lipinski definition) is 2. The highest BCUT2D eigenvalue weighted by Gasteiger charge is 1.93. The van der Waals surface area contributed by atoms with Gasteiger partial charge in [-0.05, 0) is 20.0 Å². The molecule has 0 heterocycles. The SMILES string of the molecule is C=CN(C)/C(C)=C(\C)N. The van der Waals surface area contributed by atoms with Crippen molar-refractivity contribution in [2.24, 2.45) is 5.73 Å². The molecule has 0 bridgehead atoms. The van der Waals surface area contributed by atoms with Crippen LogP contribution in [0.1, 0.15) is 13.8 Å². The van der Waals surface area contributed by atoms with Crippen LogP contribution in [0.15, 0.2) is 24.2 Å². The number of hydrogen-bond donors (Lipinski definition) is 1. The summed E-state index contributed by atoms with van der Waals surface area (Å²) < 4.78 is 0. The predicted molar refractivity (Wildman–Crippen MR) is 40.5 cm³/mol. The maximum absolute atomic E-state index is 5.50. The quantitative estimate of drug-likeness (QED) is 0.603. The third-order valence-electron chi connectivity index (χ3n) is 1.37. The van der Waals surface area contributed by atoms with Gasteiger partial charge in [-0.25, -0.2) is 0 Å². The first kappa shape index (κ1) is 8.08. The fourth-order valence-electron chi connectivity index (χ4n) is 0.415. The van der Waals surface area contributed by atoms with Crippen molar-refractivity contribution in [2.45, 2.75) is 13.8 Å². The molecule has 0 amide bonds. The van der Waals surface area contributed by atoms with Gasteiger partial charge in [-0.1, -0.05) is 6.58 Å². The molecule has 0 aromatic rings. The molecule has 0 rings (SSSR count). The molecule has 52 valence electrons. The fraction of sp³-hybridized carbons (Fsp3) is 0.429. The van der Waals surface area contributed by atoms with Crippen LogP contribution >= 0.6 is 0 Å². The zero-order chi connectivity index (χ0) is 7.44. The second kappa shape index (κ2) is 3.17. The van der Waals surface area contributed by atoms with Gasteiger partial charge in [-0.2, -0.15) is 0 Å². The van der Waals surface area contributed by atoms with Crippen molar-refractivity contribution in [3.05, 3.63) is 24.2 Å². The van der Waals surface area contributed by atoms with Crippen molar-refractivity contribution in [3.8, 4) is 0 Å². The minimum absolute atomic E-state index is 0.831. The van der Waals surface area contributed by atoms with Crippen molar-refractivity contribution >= 4 is 0 Å². The van der Waals surface area contributed by atoms with E-state index in [9.17, 15) is 0 Å². The van der Waals surface area contributed by atoms with Gasteiger partial charge in [0.05, 0.1) is 0 Å². The van der Waals surface area contributed by atoms with Crippen LogP contribution < -0.4 is 5.73 Å². The summed E-state index contributed by atoms with van der Waals surface area (Å²) in [4.78, 5) is 1.88. The maximum atomic E-state index is 5.50. The highest BCUT2D eigenvalue weighted by atomic mass is 15.1. The molecular formula is C7H14N2. The van der Waals surface area contributed by atoms with Gasteiger partial charge >= 0.3 is 0 Å². The normalized spacial score (nSPS) is 12.3. The van der Waals surface area contributed by atoms with Crippen LogP contribution in [0.2, 0.25) is 0 Å². The Balaban J connectivity index is 4.19. The van der Waals surface area contributed by atoms with Gasteiger partial charge in [-0.3, -0.25) is 0 Å². The first-order valence-electron chi connectivity index (χ1n) is 2.88. The predicted octanol–water partition coefficient (Wildman–Crippen LogP) is 1.27. The zero-order valence-corrected chi connectivity index (χ0v) is 6.31. The van der Waals surface area contributed by atoms with Gasteiger partial charge in [-0.15, -0.1) is 0 Å². The van der Waals surface area contributed by atoms with Gasteiger partial charge in [0.2, 0.25) is 0 Å². The van der Waals surface area contributed by atoms with Crippen molar-refractivity contribution in [3.63, 3.8) is 0 Å². The van der Waals surface area contributed by atoms with Crippen molar-refractivity contribution in [1.29, 1.82) is 0 Å². The standard InChI is InChI=1S/C7H14N2/c1-5-9(4)7(3)6(2)8/h5H,1,8H2,2-4H3/b7-6+. The summed E-state index contributed by atoms with van der Waals surface area (Å²) in [7, 11) is 1.92. The second-order valence-electron chi connectivity index (χ2n) is 2.06. The molecule has 0 aliphatic rings. The summed E-state index contributed by atoms with van der Waals surface area (Å²) in [6.07, 6.45) is 1.73. The van der Waals surface area contributed by atoms with Gasteiger partial charge in [0, 0.05) is 18.4 Å². The Bertz CT molecular complexity index is 132. The summed E-state index contributed by atoms with van der Waals surface area (Å²) >= 11 is 0. The first-order valence-corrected chi connectivity index (χ1v) is 2.88. The topological polar surface area (TPSA) is 29.3 Å². The van der Waals surface area contributed by atoms with Crippen LogP contribution in [0.25, 0.3) is 0 Å². The van der Waals surface area contributed by atoms with E-state index in [0.29, 0.717) is 0 Å². The summed E-state index contributed by atoms with van der Waals surface area (Å²) in [6, 6.07) is 0. The number of nitrogens with zero attached hydrogens (tertiary/aromatic N) is 1. The van der Waals surface area contributed by atoms with Crippen LogP contribution in [0.5, 0.6) is 0 Å². The molecule has 0 saturated carbocycles. The van der Waals surface area contributed by atoms with E-state index in [-0.39, 0.29) is 0 Å². The second-order valence-corrected chi connectivity index (χ2v) is 2.06. The van der Waals surface area contributed by atoms with Crippen LogP contribution in [-0.4, -0.2) is 11.9 Å². The molecular weight excluding hydrogens is 112 g/mol. The zero-order valence-electron chi connectivity index (χ0n) is 6.31. The minimum atomic E-state index is 0.831. The van der Waals surface area contributed by atoms with Gasteiger partial charge < -0.3 is 10.6 Å². The lowest BCUT2D eigenvalue weighted by atomic mass is 10.3. The molecule has 9 heavy (non-hydrogen) atoms. The van der Waals surface area contributed by atoms with Crippen LogP contribution in [0, 0.1) is 0 Å². The Kier molecular flexibility index (Phi) is 2.85. The van der Waals surface area contributed by atoms with E-state index >= 15 is 0 Å². The molecule has 0 aliphatic heterocycles. The maximum Gasteiger partial charge on any atom is 0.0326 e. The third kappa shape index (κ3) is 2.22. The Labute approximate surface area is 56.6 Å². The summed E-state index contributed by atoms with van der Waals surface area (Å²) in [5, 5.41) is 0. The van der Waals surface area contributed by atoms with Gasteiger partial charge in [0.25, 0.3) is 0 Å². The molecule has 2 N–H and O–H groups in total. The molecule has 0 atom stereocenters. The molecule has 0 aromatic carbocycles. The fourth-order valence-corrected chi connectivity index (χ4v) is 0.415. The summed E-state index contributed by atoms with van der Waals surface area (Å²) in [5.41, 5.74) is 7.38. The first-order chi connectivity index (χ1) is 4.09. The van der Waals surface area contributed by atoms with Crippen LogP contribution in [0.4, 0.5) is 0 Å². The van der Waals surface area contributed by atoms with E-state index in [4.69, 9.17) is 5.73 Å². The van der Waals surface area contributed by atoms with E-state index in [1.807, 2.05) is 25.8 Å². The molecule has 2 nitrogen and oxygen atoms in total. The minimum Gasteiger partial charge on any atom is -0.401 e. The third-order valence-corrected chi connectivity index (χ3v) is 1.37. The van der Waals surface area contributed by atoms with Gasteiger partial charge in [0.15, 0.2) is 0 Å². The molecule has 2 heteroatoms. The van der Waals surface area contributed by atoms with Crippen LogP contribution in [0.3, 0.4) is 0 Å². The van der Waals surface area contributed by atoms with E-state index in [1.165, 1.54) is 0 Å². The Morgan fingerprint density at radius 1 is 1.56 bits per heavy atom. The van der Waals surface area contributed by atoms with Gasteiger partial charge in [0.1, 0.15) is 0 Å². The monoisotopic (exact) mass is 126 g/mol. The summed E-state index contributed by atoms with van der Waals surface area (Å²) in [6.45, 7) is 7.43. The summed E-state index contributed by atoms with van der Waals surface area (Å²) in [5.74, 6) is 0. The number of allylic oxidation sites excluding steroid dienone is 2. The van der Waals surface area contributed by atoms with E-state index in [0.717, 1.165) is 11.4 Å². The highest BCUT2D eigenvalue weighted by Crippen LogP contribution is 2.01. The van der Waals surface area contributed by atoms with E-state index in [2.05, 4.69) is 6.58 Å². The average molecular weight is 126 g/mol. The lowest BCUT2D eigenvalue weighted by molar-refractivity contribution is 0.562. The Hall–Kier alpha value is -0.920. The Morgan fingerprint density at radius 2 is 2.00 bits per heavy atom. The number of rotatable bonds is 2. The van der Waals surface area contributed by atoms with Crippen LogP contribution in [-0.2, 0) is 0 Å². The average Bonchev–Trinajstić information content (AvgIpc) is 1.84. The molecule has 0 aromatic heterocycles. The number of nitrogens with two attached hydrogens (primary N) is 1. The molecule has 0 aliphatic carbocycles. The van der Waals surface area contributed by atoms with Crippen molar-refractivity contribution in [1.82, 2.24) is 4.90 Å². The van der Waals surface area contributed by atoms with Crippen molar-refractivity contribution in [2.75, 3.05) is 7.05 Å². The Morgan fingerprint density at radius 3 is 2.11 bits per heavy atom. The molecule has 0 radical (unpaired) electrons. The lowest BCUT2D eigenvalue weighted by Gasteiger charge is -2.14. The highest BCUT2D eigenvalue weighted by molar-refractivity contribution is 5.06. The lowest BCUT2D eigenvalue weighted by Crippen LogP contribution is -2.11.